The molecule has 0 saturated heterocycles. The molecule has 172 valence electrons. The Morgan fingerprint density at radius 2 is 1.97 bits per heavy atom. The molecule has 1 saturated carbocycles. The van der Waals surface area contributed by atoms with E-state index in [1.54, 1.807) is 24.3 Å². The molecule has 0 amide bonds. The van der Waals surface area contributed by atoms with E-state index in [9.17, 15) is 23.4 Å². The number of ether oxygens (including phenoxy) is 1. The summed E-state index contributed by atoms with van der Waals surface area (Å²) in [6, 6.07) is 9.19. The maximum Gasteiger partial charge on any atom is 0.208 e. The molecule has 0 bridgehead atoms. The highest BCUT2D eigenvalue weighted by atomic mass is 32.2. The van der Waals surface area contributed by atoms with Crippen LogP contribution in [0.5, 0.6) is 5.75 Å². The van der Waals surface area contributed by atoms with Gasteiger partial charge in [0.05, 0.1) is 12.4 Å². The van der Waals surface area contributed by atoms with Gasteiger partial charge in [0.25, 0.3) is 0 Å². The molecule has 1 aliphatic carbocycles. The maximum atomic E-state index is 12.3. The van der Waals surface area contributed by atoms with E-state index in [1.807, 2.05) is 30.4 Å². The summed E-state index contributed by atoms with van der Waals surface area (Å²) in [6.07, 6.45) is 9.85. The van der Waals surface area contributed by atoms with Crippen molar-refractivity contribution >= 4 is 15.8 Å². The summed E-state index contributed by atoms with van der Waals surface area (Å²) in [7, 11) is -3.14. The number of hydrogen-bond acceptors (Lipinski definition) is 6. The third kappa shape index (κ3) is 9.78. The van der Waals surface area contributed by atoms with E-state index in [0.717, 1.165) is 25.5 Å². The molecule has 1 fully saturated rings. The Balaban J connectivity index is 1.75. The second-order valence-corrected chi connectivity index (χ2v) is 9.70. The molecule has 0 spiro atoms. The zero-order valence-electron chi connectivity index (χ0n) is 17.9. The van der Waals surface area contributed by atoms with E-state index in [-0.39, 0.29) is 30.6 Å². The van der Waals surface area contributed by atoms with Crippen LogP contribution in [0.4, 0.5) is 0 Å². The van der Waals surface area contributed by atoms with Crippen LogP contribution >= 0.6 is 0 Å². The molecule has 0 unspecified atom stereocenters. The average Bonchev–Trinajstić information content (AvgIpc) is 2.99. The molecule has 1 aromatic carbocycles. The van der Waals surface area contributed by atoms with Gasteiger partial charge in [-0.3, -0.25) is 4.79 Å². The Morgan fingerprint density at radius 1 is 1.23 bits per heavy atom. The highest BCUT2D eigenvalue weighted by Crippen LogP contribution is 2.33. The van der Waals surface area contributed by atoms with Crippen molar-refractivity contribution in [1.82, 2.24) is 4.72 Å². The quantitative estimate of drug-likeness (QED) is 0.313. The van der Waals surface area contributed by atoms with Crippen LogP contribution < -0.4 is 9.46 Å². The number of ketones is 1. The summed E-state index contributed by atoms with van der Waals surface area (Å²) in [5.74, 6) is 0.0550. The number of carbonyl (C=O) groups is 1. The number of allylic oxidation sites excluding steroid dienone is 2. The SMILES string of the molecule is CS(=O)(=O)NCCCCC=CC[C@H]1C(=O)C[C@@H](O)[C@@H]1C=C[C@@H](O)COc1ccccc1. The van der Waals surface area contributed by atoms with Crippen molar-refractivity contribution in [3.05, 3.63) is 54.6 Å². The number of carbonyl (C=O) groups excluding carboxylic acids is 1. The van der Waals surface area contributed by atoms with Gasteiger partial charge >= 0.3 is 0 Å². The summed E-state index contributed by atoms with van der Waals surface area (Å²) < 4.78 is 30.0. The Hall–Kier alpha value is -2.00. The lowest BCUT2D eigenvalue weighted by atomic mass is 9.90. The van der Waals surface area contributed by atoms with Crippen LogP contribution in [0.3, 0.4) is 0 Å². The van der Waals surface area contributed by atoms with Gasteiger partial charge in [0, 0.05) is 24.8 Å². The molecule has 4 atom stereocenters. The summed E-state index contributed by atoms with van der Waals surface area (Å²) in [4.78, 5) is 12.3. The fraction of sp³-hybridized carbons (Fsp3) is 0.522. The summed E-state index contributed by atoms with van der Waals surface area (Å²) in [6.45, 7) is 0.513. The number of sulfonamides is 1. The molecule has 7 nitrogen and oxygen atoms in total. The number of nitrogens with one attached hydrogen (secondary N) is 1. The van der Waals surface area contributed by atoms with Crippen molar-refractivity contribution in [2.75, 3.05) is 19.4 Å². The van der Waals surface area contributed by atoms with Gasteiger partial charge in [-0.2, -0.15) is 0 Å². The molecular weight excluding hydrogens is 418 g/mol. The first-order chi connectivity index (χ1) is 14.8. The smallest absolute Gasteiger partial charge is 0.208 e. The zero-order valence-corrected chi connectivity index (χ0v) is 18.7. The summed E-state index contributed by atoms with van der Waals surface area (Å²) >= 11 is 0. The number of unbranched alkanes of at least 4 members (excludes halogenated alkanes) is 2. The second kappa shape index (κ2) is 12.8. The van der Waals surface area contributed by atoms with E-state index in [0.29, 0.717) is 18.7 Å². The summed E-state index contributed by atoms with van der Waals surface area (Å²) in [5.41, 5.74) is 0. The van der Waals surface area contributed by atoms with Gasteiger partial charge < -0.3 is 14.9 Å². The Morgan fingerprint density at radius 3 is 2.68 bits per heavy atom. The Bertz CT molecular complexity index is 837. The van der Waals surface area contributed by atoms with Crippen LogP contribution in [0.1, 0.15) is 32.1 Å². The lowest BCUT2D eigenvalue weighted by molar-refractivity contribution is -0.121. The molecule has 1 aromatic rings. The van der Waals surface area contributed by atoms with E-state index < -0.39 is 22.2 Å². The van der Waals surface area contributed by atoms with Crippen molar-refractivity contribution in [2.45, 2.75) is 44.3 Å². The fourth-order valence-corrected chi connectivity index (χ4v) is 4.06. The minimum absolute atomic E-state index is 0.0270. The number of benzene rings is 1. The highest BCUT2D eigenvalue weighted by Gasteiger charge is 2.39. The van der Waals surface area contributed by atoms with E-state index in [1.165, 1.54) is 0 Å². The third-order valence-corrected chi connectivity index (χ3v) is 5.90. The number of hydrogen-bond donors (Lipinski definition) is 3. The first kappa shape index (κ1) is 25.3. The molecule has 0 heterocycles. The van der Waals surface area contributed by atoms with Gasteiger partial charge in [0.1, 0.15) is 24.2 Å². The van der Waals surface area contributed by atoms with Crippen LogP contribution in [0.2, 0.25) is 0 Å². The van der Waals surface area contributed by atoms with Crippen LogP contribution in [0, 0.1) is 11.8 Å². The van der Waals surface area contributed by atoms with Crippen LogP contribution in [0.25, 0.3) is 0 Å². The topological polar surface area (TPSA) is 113 Å². The monoisotopic (exact) mass is 451 g/mol. The van der Waals surface area contributed by atoms with Gasteiger partial charge in [-0.05, 0) is 37.8 Å². The first-order valence-electron chi connectivity index (χ1n) is 10.6. The minimum atomic E-state index is -3.14. The number of aliphatic hydroxyl groups is 2. The minimum Gasteiger partial charge on any atom is -0.491 e. The summed E-state index contributed by atoms with van der Waals surface area (Å²) in [5, 5.41) is 20.4. The number of aliphatic hydroxyl groups excluding tert-OH is 2. The van der Waals surface area contributed by atoms with Gasteiger partial charge in [-0.25, -0.2) is 13.1 Å². The zero-order chi connectivity index (χ0) is 22.7. The van der Waals surface area contributed by atoms with Crippen LogP contribution in [-0.2, 0) is 14.8 Å². The molecule has 2 rings (SSSR count). The fourth-order valence-electron chi connectivity index (χ4n) is 3.54. The standard InChI is InChI=1S/C23H33NO6S/c1-31(28,29)24-15-9-4-2-3-8-12-20-21(23(27)16-22(20)26)14-13-18(25)17-30-19-10-6-5-7-11-19/h3,5-8,10-11,13-14,18,20-21,23-25,27H,2,4,9,12,15-17H2,1H3/t18-,20-,21-,23-/m1/s1. The predicted octanol–water partition coefficient (Wildman–Crippen LogP) is 2.21. The van der Waals surface area contributed by atoms with Gasteiger partial charge in [0.2, 0.25) is 10.0 Å². The normalized spacial score (nSPS) is 23.1. The van der Waals surface area contributed by atoms with Crippen molar-refractivity contribution in [3.63, 3.8) is 0 Å². The number of Topliss-reactive ketones (excluding diaryl/α,β-unsaturated/α-hetero) is 1. The maximum absolute atomic E-state index is 12.3. The third-order valence-electron chi connectivity index (χ3n) is 5.17. The van der Waals surface area contributed by atoms with E-state index >= 15 is 0 Å². The average molecular weight is 452 g/mol. The highest BCUT2D eigenvalue weighted by molar-refractivity contribution is 7.88. The van der Waals surface area contributed by atoms with E-state index in [4.69, 9.17) is 4.74 Å². The predicted molar refractivity (Wildman–Crippen MR) is 120 cm³/mol. The molecule has 3 N–H and O–H groups in total. The van der Waals surface area contributed by atoms with Gasteiger partial charge in [-0.1, -0.05) is 42.5 Å². The molecule has 1 aliphatic rings. The van der Waals surface area contributed by atoms with Gasteiger partial charge in [0.15, 0.2) is 0 Å². The molecule has 0 aliphatic heterocycles. The molecular formula is C23H33NO6S. The largest absolute Gasteiger partial charge is 0.491 e. The molecule has 0 radical (unpaired) electrons. The lowest BCUT2D eigenvalue weighted by Crippen LogP contribution is -2.22. The van der Waals surface area contributed by atoms with Crippen LogP contribution in [-0.4, -0.2) is 56.0 Å². The molecule has 31 heavy (non-hydrogen) atoms. The lowest BCUT2D eigenvalue weighted by Gasteiger charge is -2.17. The Kier molecular flexibility index (Phi) is 10.4. The van der Waals surface area contributed by atoms with Crippen molar-refractivity contribution in [1.29, 1.82) is 0 Å². The number of rotatable bonds is 13. The Labute approximate surface area is 184 Å². The van der Waals surface area contributed by atoms with E-state index in [2.05, 4.69) is 4.72 Å². The van der Waals surface area contributed by atoms with Crippen LogP contribution in [0.15, 0.2) is 54.6 Å². The van der Waals surface area contributed by atoms with Crippen molar-refractivity contribution in [2.24, 2.45) is 11.8 Å². The van der Waals surface area contributed by atoms with Crippen molar-refractivity contribution in [3.8, 4) is 5.75 Å². The van der Waals surface area contributed by atoms with Gasteiger partial charge in [-0.15, -0.1) is 0 Å². The van der Waals surface area contributed by atoms with Crippen molar-refractivity contribution < 1.29 is 28.2 Å². The second-order valence-electron chi connectivity index (χ2n) is 7.87. The number of para-hydroxylation sites is 1. The molecule has 0 aromatic heterocycles. The molecule has 8 heteroatoms. The first-order valence-corrected chi connectivity index (χ1v) is 12.5.